The molecule has 1 aromatic carbocycles. The number of carbonyl (C=O) groups is 1. The van der Waals surface area contributed by atoms with Crippen molar-refractivity contribution in [1.29, 1.82) is 0 Å². The molecule has 19 heavy (non-hydrogen) atoms. The van der Waals surface area contributed by atoms with E-state index in [9.17, 15) is 4.79 Å². The minimum absolute atomic E-state index is 0. The van der Waals surface area contributed by atoms with Gasteiger partial charge in [-0.05, 0) is 30.3 Å². The Bertz CT molecular complexity index is 558. The number of pyridine rings is 1. The van der Waals surface area contributed by atoms with Crippen LogP contribution in [0.5, 0.6) is 5.75 Å². The van der Waals surface area contributed by atoms with E-state index in [0.29, 0.717) is 12.1 Å². The molecule has 5 heteroatoms. The third kappa shape index (κ3) is 4.04. The molecular formula is C14H14BrClNO2+. The molecular weight excluding hydrogens is 330 g/mol. The summed E-state index contributed by atoms with van der Waals surface area (Å²) in [5, 5.41) is 0. The highest BCUT2D eigenvalue weighted by molar-refractivity contribution is 9.10. The Morgan fingerprint density at radius 2 is 1.89 bits per heavy atom. The van der Waals surface area contributed by atoms with Crippen molar-refractivity contribution < 1.29 is 14.1 Å². The molecule has 2 aromatic rings. The van der Waals surface area contributed by atoms with Crippen LogP contribution in [0.2, 0.25) is 0 Å². The highest BCUT2D eigenvalue weighted by Crippen LogP contribution is 2.12. The Labute approximate surface area is 126 Å². The van der Waals surface area contributed by atoms with Crippen LogP contribution >= 0.6 is 28.3 Å². The zero-order valence-electron chi connectivity index (χ0n) is 10.4. The fraction of sp³-hybridized carbons (Fsp3) is 0.143. The van der Waals surface area contributed by atoms with Crippen LogP contribution in [-0.2, 0) is 6.54 Å². The van der Waals surface area contributed by atoms with Gasteiger partial charge in [-0.15, -0.1) is 12.4 Å². The Balaban J connectivity index is 0.00000180. The first-order chi connectivity index (χ1) is 8.70. The molecule has 0 aliphatic heterocycles. The number of hydrogen-bond acceptors (Lipinski definition) is 2. The molecule has 0 fully saturated rings. The summed E-state index contributed by atoms with van der Waals surface area (Å²) in [7, 11) is 1.60. The average Bonchev–Trinajstić information content (AvgIpc) is 2.41. The number of hydrogen-bond donors (Lipinski definition) is 0. The Kier molecular flexibility index (Phi) is 5.99. The molecule has 0 spiro atoms. The largest absolute Gasteiger partial charge is 0.497 e. The van der Waals surface area contributed by atoms with Crippen molar-refractivity contribution in [2.24, 2.45) is 0 Å². The molecule has 0 saturated heterocycles. The van der Waals surface area contributed by atoms with E-state index in [1.54, 1.807) is 31.4 Å². The molecule has 1 aromatic heterocycles. The Morgan fingerprint density at radius 3 is 2.47 bits per heavy atom. The number of methoxy groups -OCH3 is 1. The minimum Gasteiger partial charge on any atom is -0.497 e. The molecule has 0 atom stereocenters. The summed E-state index contributed by atoms with van der Waals surface area (Å²) < 4.78 is 7.80. The van der Waals surface area contributed by atoms with Gasteiger partial charge >= 0.3 is 0 Å². The molecule has 0 aliphatic carbocycles. The normalized spacial score (nSPS) is 9.58. The number of ketones is 1. The lowest BCUT2D eigenvalue weighted by Gasteiger charge is -2.02. The van der Waals surface area contributed by atoms with E-state index < -0.39 is 0 Å². The topological polar surface area (TPSA) is 30.2 Å². The van der Waals surface area contributed by atoms with E-state index in [1.807, 2.05) is 29.0 Å². The van der Waals surface area contributed by atoms with E-state index >= 15 is 0 Å². The summed E-state index contributed by atoms with van der Waals surface area (Å²) in [5.74, 6) is 0.814. The molecule has 0 amide bonds. The molecule has 0 aliphatic rings. The second kappa shape index (κ2) is 7.26. The summed E-state index contributed by atoms with van der Waals surface area (Å²) in [5.41, 5.74) is 0.680. The summed E-state index contributed by atoms with van der Waals surface area (Å²) >= 11 is 3.41. The van der Waals surface area contributed by atoms with E-state index in [0.717, 1.165) is 10.4 Å². The highest BCUT2D eigenvalue weighted by atomic mass is 79.9. The van der Waals surface area contributed by atoms with Gasteiger partial charge in [-0.1, -0.05) is 0 Å². The van der Waals surface area contributed by atoms with Crippen LogP contribution < -0.4 is 9.30 Å². The lowest BCUT2D eigenvalue weighted by atomic mass is 10.1. The molecule has 0 unspecified atom stereocenters. The zero-order valence-corrected chi connectivity index (χ0v) is 12.8. The van der Waals surface area contributed by atoms with E-state index in [2.05, 4.69) is 15.9 Å². The highest BCUT2D eigenvalue weighted by Gasteiger charge is 2.14. The third-order valence-corrected chi connectivity index (χ3v) is 3.33. The lowest BCUT2D eigenvalue weighted by molar-refractivity contribution is -0.694. The van der Waals surface area contributed by atoms with Crippen molar-refractivity contribution in [3.8, 4) is 5.75 Å². The number of Topliss-reactive ketones (excluding diaryl/α,β-unsaturated/α-hetero) is 1. The van der Waals surface area contributed by atoms with E-state index in [1.165, 1.54) is 0 Å². The first-order valence-corrected chi connectivity index (χ1v) is 6.31. The van der Waals surface area contributed by atoms with E-state index in [4.69, 9.17) is 4.74 Å². The number of aromatic nitrogens is 1. The molecule has 0 N–H and O–H groups in total. The van der Waals surface area contributed by atoms with Crippen molar-refractivity contribution in [2.45, 2.75) is 6.54 Å². The van der Waals surface area contributed by atoms with Crippen molar-refractivity contribution in [2.75, 3.05) is 7.11 Å². The van der Waals surface area contributed by atoms with Gasteiger partial charge in [-0.2, -0.15) is 4.57 Å². The summed E-state index contributed by atoms with van der Waals surface area (Å²) in [6.07, 6.45) is 1.87. The predicted octanol–water partition coefficient (Wildman–Crippen LogP) is 3.05. The maximum atomic E-state index is 12.1. The van der Waals surface area contributed by atoms with Crippen LogP contribution in [0.3, 0.4) is 0 Å². The van der Waals surface area contributed by atoms with Crippen LogP contribution in [0.25, 0.3) is 0 Å². The second-order valence-corrected chi connectivity index (χ2v) is 4.62. The molecule has 2 rings (SSSR count). The Morgan fingerprint density at radius 1 is 1.21 bits per heavy atom. The molecule has 0 radical (unpaired) electrons. The van der Waals surface area contributed by atoms with Crippen molar-refractivity contribution >= 4 is 34.1 Å². The van der Waals surface area contributed by atoms with Gasteiger partial charge in [0.25, 0.3) is 0 Å². The first-order valence-electron chi connectivity index (χ1n) is 5.52. The number of benzene rings is 1. The molecule has 0 saturated carbocycles. The minimum atomic E-state index is 0. The fourth-order valence-corrected chi connectivity index (χ4v) is 2.00. The molecule has 3 nitrogen and oxygen atoms in total. The van der Waals surface area contributed by atoms with Crippen molar-refractivity contribution in [1.82, 2.24) is 0 Å². The molecule has 100 valence electrons. The zero-order chi connectivity index (χ0) is 13.0. The second-order valence-electron chi connectivity index (χ2n) is 3.80. The number of rotatable bonds is 4. The molecule has 0 bridgehead atoms. The van der Waals surface area contributed by atoms with Gasteiger partial charge in [0, 0.05) is 33.6 Å². The van der Waals surface area contributed by atoms with E-state index in [-0.39, 0.29) is 18.2 Å². The third-order valence-electron chi connectivity index (χ3n) is 2.61. The smallest absolute Gasteiger partial charge is 0.248 e. The van der Waals surface area contributed by atoms with Crippen molar-refractivity contribution in [3.05, 3.63) is 58.8 Å². The van der Waals surface area contributed by atoms with Gasteiger partial charge in [-0.25, -0.2) is 0 Å². The van der Waals surface area contributed by atoms with Gasteiger partial charge in [0.15, 0.2) is 6.20 Å². The standard InChI is InChI=1S/C14H13BrNO2.ClH/c1-18-12-7-5-11(6-8-12)13(17)10-16-9-3-2-4-14(16)15;/h2-9H,10H2,1H3;1H/q+1;. The van der Waals surface area contributed by atoms with Crippen LogP contribution in [0.15, 0.2) is 53.3 Å². The SMILES string of the molecule is COc1ccc(C(=O)C[n+]2ccccc2Br)cc1.Cl. The van der Waals surface area contributed by atoms with Crippen LogP contribution in [0.1, 0.15) is 10.4 Å². The molecule has 1 heterocycles. The predicted molar refractivity (Wildman–Crippen MR) is 78.9 cm³/mol. The van der Waals surface area contributed by atoms with Gasteiger partial charge < -0.3 is 4.74 Å². The van der Waals surface area contributed by atoms with Crippen molar-refractivity contribution in [3.63, 3.8) is 0 Å². The van der Waals surface area contributed by atoms with Crippen LogP contribution in [0.4, 0.5) is 0 Å². The summed E-state index contributed by atoms with van der Waals surface area (Å²) in [6.45, 7) is 0.313. The quantitative estimate of drug-likeness (QED) is 0.485. The van der Waals surface area contributed by atoms with Gasteiger partial charge in [0.05, 0.1) is 7.11 Å². The summed E-state index contributed by atoms with van der Waals surface area (Å²) in [4.78, 5) is 12.1. The maximum Gasteiger partial charge on any atom is 0.248 e. The number of ether oxygens (including phenoxy) is 1. The fourth-order valence-electron chi connectivity index (χ4n) is 1.61. The number of nitrogens with zero attached hydrogens (tertiary/aromatic N) is 1. The monoisotopic (exact) mass is 342 g/mol. The Hall–Kier alpha value is -1.39. The van der Waals surface area contributed by atoms with Crippen LogP contribution in [0, 0.1) is 0 Å². The number of halogens is 2. The lowest BCUT2D eigenvalue weighted by Crippen LogP contribution is -2.38. The van der Waals surface area contributed by atoms with Gasteiger partial charge in [0.1, 0.15) is 5.75 Å². The maximum absolute atomic E-state index is 12.1. The van der Waals surface area contributed by atoms with Gasteiger partial charge in [-0.3, -0.25) is 4.79 Å². The first kappa shape index (κ1) is 15.7. The number of carbonyl (C=O) groups excluding carboxylic acids is 1. The summed E-state index contributed by atoms with van der Waals surface area (Å²) in [6, 6.07) is 12.8. The van der Waals surface area contributed by atoms with Gasteiger partial charge in [0.2, 0.25) is 16.9 Å². The van der Waals surface area contributed by atoms with Crippen LogP contribution in [-0.4, -0.2) is 12.9 Å². The average molecular weight is 344 g/mol.